The Bertz CT molecular complexity index is 730. The number of nitrogens with zero attached hydrogens (tertiary/aromatic N) is 5. The number of piperidine rings is 1. The molecule has 2 aromatic rings. The molecule has 2 aromatic heterocycles. The minimum absolute atomic E-state index is 0.297. The maximum Gasteiger partial charge on any atom is 0.191 e. The molecule has 4 heterocycles. The Balaban J connectivity index is 1.54. The van der Waals surface area contributed by atoms with Gasteiger partial charge in [-0.3, -0.25) is 4.68 Å². The number of aromatic nitrogens is 5. The van der Waals surface area contributed by atoms with Crippen molar-refractivity contribution >= 4 is 11.8 Å². The number of hydrogen-bond acceptors (Lipinski definition) is 6. The highest BCUT2D eigenvalue weighted by atomic mass is 32.2. The average Bonchev–Trinajstić information content (AvgIpc) is 3.38. The van der Waals surface area contributed by atoms with Crippen LogP contribution in [0.5, 0.6) is 0 Å². The first-order chi connectivity index (χ1) is 12.7. The summed E-state index contributed by atoms with van der Waals surface area (Å²) < 4.78 is 10.2. The highest BCUT2D eigenvalue weighted by Gasteiger charge is 2.26. The number of rotatable bonds is 6. The molecule has 0 radical (unpaired) electrons. The number of hydrogen-bond donors (Lipinski definition) is 1. The van der Waals surface area contributed by atoms with Crippen LogP contribution < -0.4 is 5.32 Å². The number of aryl methyl sites for hydroxylation is 1. The van der Waals surface area contributed by atoms with Gasteiger partial charge in [-0.2, -0.15) is 5.10 Å². The molecule has 2 saturated heterocycles. The third-order valence-electron chi connectivity index (χ3n) is 5.55. The molecule has 0 spiro atoms. The minimum atomic E-state index is 0.297. The van der Waals surface area contributed by atoms with Gasteiger partial charge in [0, 0.05) is 36.6 Å². The van der Waals surface area contributed by atoms with Crippen LogP contribution in [0, 0.1) is 6.92 Å². The van der Waals surface area contributed by atoms with Gasteiger partial charge in [-0.15, -0.1) is 10.2 Å². The molecule has 7 nitrogen and oxygen atoms in total. The monoisotopic (exact) mass is 376 g/mol. The zero-order chi connectivity index (χ0) is 17.9. The summed E-state index contributed by atoms with van der Waals surface area (Å²) in [5.74, 6) is 2.52. The van der Waals surface area contributed by atoms with Gasteiger partial charge in [0.15, 0.2) is 5.16 Å². The lowest BCUT2D eigenvalue weighted by Gasteiger charge is -2.23. The van der Waals surface area contributed by atoms with Gasteiger partial charge in [0.05, 0.1) is 18.8 Å². The second kappa shape index (κ2) is 8.10. The third-order valence-corrected chi connectivity index (χ3v) is 6.57. The Morgan fingerprint density at radius 1 is 1.27 bits per heavy atom. The number of thioether (sulfide) groups is 1. The van der Waals surface area contributed by atoms with E-state index in [0.717, 1.165) is 68.7 Å². The fraction of sp³-hybridized carbons (Fsp3) is 0.722. The fourth-order valence-electron chi connectivity index (χ4n) is 3.78. The van der Waals surface area contributed by atoms with Gasteiger partial charge < -0.3 is 14.6 Å². The first-order valence-electron chi connectivity index (χ1n) is 9.58. The fourth-order valence-corrected chi connectivity index (χ4v) is 4.77. The summed E-state index contributed by atoms with van der Waals surface area (Å²) in [5.41, 5.74) is 2.47. The summed E-state index contributed by atoms with van der Waals surface area (Å²) in [4.78, 5) is 0. The number of ether oxygens (including phenoxy) is 1. The van der Waals surface area contributed by atoms with E-state index in [1.807, 2.05) is 17.9 Å². The lowest BCUT2D eigenvalue weighted by molar-refractivity contribution is 0.0936. The van der Waals surface area contributed by atoms with Crippen molar-refractivity contribution in [2.24, 2.45) is 7.05 Å². The van der Waals surface area contributed by atoms with Crippen molar-refractivity contribution < 1.29 is 4.74 Å². The summed E-state index contributed by atoms with van der Waals surface area (Å²) in [5, 5.41) is 18.0. The Morgan fingerprint density at radius 3 is 2.81 bits per heavy atom. The van der Waals surface area contributed by atoms with Crippen molar-refractivity contribution in [1.82, 2.24) is 29.9 Å². The SMILES string of the molecule is Cc1c(CSc2nnc(C3CCNCC3)n2C[C@H]2CCCO2)cnn1C. The smallest absolute Gasteiger partial charge is 0.191 e. The van der Waals surface area contributed by atoms with Crippen LogP contribution in [-0.4, -0.2) is 50.3 Å². The molecule has 0 bridgehead atoms. The van der Waals surface area contributed by atoms with Gasteiger partial charge in [-0.05, 0) is 45.7 Å². The molecule has 0 unspecified atom stereocenters. The van der Waals surface area contributed by atoms with E-state index >= 15 is 0 Å². The Labute approximate surface area is 158 Å². The van der Waals surface area contributed by atoms with E-state index in [0.29, 0.717) is 12.0 Å². The molecule has 2 fully saturated rings. The molecule has 26 heavy (non-hydrogen) atoms. The van der Waals surface area contributed by atoms with E-state index in [2.05, 4.69) is 32.1 Å². The first kappa shape index (κ1) is 18.0. The van der Waals surface area contributed by atoms with Crippen LogP contribution in [0.4, 0.5) is 0 Å². The minimum Gasteiger partial charge on any atom is -0.376 e. The standard InChI is InChI=1S/C18H28N6OS/c1-13-15(10-20-23(13)2)12-26-18-22-21-17(14-5-7-19-8-6-14)24(18)11-16-4-3-9-25-16/h10,14,16,19H,3-9,11-12H2,1-2H3/t16-/m1/s1. The Morgan fingerprint density at radius 2 is 2.12 bits per heavy atom. The summed E-state index contributed by atoms with van der Waals surface area (Å²) in [6.07, 6.45) is 6.82. The van der Waals surface area contributed by atoms with E-state index in [9.17, 15) is 0 Å². The molecule has 2 aliphatic rings. The maximum atomic E-state index is 5.90. The van der Waals surface area contributed by atoms with Crippen molar-refractivity contribution in [1.29, 1.82) is 0 Å². The van der Waals surface area contributed by atoms with Crippen LogP contribution in [0.1, 0.15) is 48.7 Å². The van der Waals surface area contributed by atoms with Crippen molar-refractivity contribution in [3.63, 3.8) is 0 Å². The van der Waals surface area contributed by atoms with Gasteiger partial charge >= 0.3 is 0 Å². The van der Waals surface area contributed by atoms with Crippen molar-refractivity contribution in [2.45, 2.75) is 62.1 Å². The van der Waals surface area contributed by atoms with Crippen LogP contribution in [0.2, 0.25) is 0 Å². The van der Waals surface area contributed by atoms with E-state index in [1.54, 1.807) is 11.8 Å². The molecule has 0 aromatic carbocycles. The lowest BCUT2D eigenvalue weighted by atomic mass is 9.97. The summed E-state index contributed by atoms with van der Waals surface area (Å²) in [6, 6.07) is 0. The Kier molecular flexibility index (Phi) is 5.61. The quantitative estimate of drug-likeness (QED) is 0.780. The van der Waals surface area contributed by atoms with Gasteiger partial charge in [0.2, 0.25) is 0 Å². The topological polar surface area (TPSA) is 69.8 Å². The molecular weight excluding hydrogens is 348 g/mol. The maximum absolute atomic E-state index is 5.90. The molecular formula is C18H28N6OS. The highest BCUT2D eigenvalue weighted by molar-refractivity contribution is 7.98. The van der Waals surface area contributed by atoms with Crippen molar-refractivity contribution in [3.8, 4) is 0 Å². The molecule has 142 valence electrons. The van der Waals surface area contributed by atoms with Crippen LogP contribution in [-0.2, 0) is 24.1 Å². The van der Waals surface area contributed by atoms with Gasteiger partial charge in [-0.1, -0.05) is 11.8 Å². The second-order valence-corrected chi connectivity index (χ2v) is 8.22. The molecule has 4 rings (SSSR count). The summed E-state index contributed by atoms with van der Waals surface area (Å²) in [7, 11) is 1.98. The van der Waals surface area contributed by atoms with E-state index in [4.69, 9.17) is 4.74 Å². The predicted octanol–water partition coefficient (Wildman–Crippen LogP) is 2.26. The summed E-state index contributed by atoms with van der Waals surface area (Å²) >= 11 is 1.76. The van der Waals surface area contributed by atoms with Crippen LogP contribution in [0.25, 0.3) is 0 Å². The van der Waals surface area contributed by atoms with Gasteiger partial charge in [0.1, 0.15) is 5.82 Å². The molecule has 1 atom stereocenters. The molecule has 2 aliphatic heterocycles. The van der Waals surface area contributed by atoms with Gasteiger partial charge in [-0.25, -0.2) is 0 Å². The van der Waals surface area contributed by atoms with E-state index in [1.165, 1.54) is 11.3 Å². The average molecular weight is 377 g/mol. The van der Waals surface area contributed by atoms with Crippen molar-refractivity contribution in [2.75, 3.05) is 19.7 Å². The zero-order valence-corrected chi connectivity index (χ0v) is 16.5. The molecule has 0 aliphatic carbocycles. The highest BCUT2D eigenvalue weighted by Crippen LogP contribution is 2.30. The Hall–Kier alpha value is -1.38. The van der Waals surface area contributed by atoms with E-state index in [-0.39, 0.29) is 0 Å². The largest absolute Gasteiger partial charge is 0.376 e. The van der Waals surface area contributed by atoms with Crippen molar-refractivity contribution in [3.05, 3.63) is 23.3 Å². The normalized spacial score (nSPS) is 21.5. The van der Waals surface area contributed by atoms with Crippen LogP contribution in [0.3, 0.4) is 0 Å². The number of nitrogens with one attached hydrogen (secondary N) is 1. The van der Waals surface area contributed by atoms with Gasteiger partial charge in [0.25, 0.3) is 0 Å². The van der Waals surface area contributed by atoms with Crippen LogP contribution in [0.15, 0.2) is 11.4 Å². The molecule has 0 saturated carbocycles. The molecule has 1 N–H and O–H groups in total. The van der Waals surface area contributed by atoms with E-state index < -0.39 is 0 Å². The zero-order valence-electron chi connectivity index (χ0n) is 15.6. The first-order valence-corrected chi connectivity index (χ1v) is 10.6. The second-order valence-electron chi connectivity index (χ2n) is 7.28. The third kappa shape index (κ3) is 3.82. The summed E-state index contributed by atoms with van der Waals surface area (Å²) in [6.45, 7) is 6.00. The molecule has 8 heteroatoms. The lowest BCUT2D eigenvalue weighted by Crippen LogP contribution is -2.29. The van der Waals surface area contributed by atoms with Crippen LogP contribution >= 0.6 is 11.8 Å². The molecule has 0 amide bonds. The predicted molar refractivity (Wildman–Crippen MR) is 101 cm³/mol.